The molecule has 0 amide bonds. The number of aromatic nitrogens is 1. The van der Waals surface area contributed by atoms with E-state index in [9.17, 15) is 0 Å². The normalized spacial score (nSPS) is 17.6. The summed E-state index contributed by atoms with van der Waals surface area (Å²) in [4.78, 5) is 6.82. The minimum absolute atomic E-state index is 0.369. The summed E-state index contributed by atoms with van der Waals surface area (Å²) in [6, 6.07) is 4.66. The molecule has 0 bridgehead atoms. The van der Waals surface area contributed by atoms with Gasteiger partial charge in [-0.15, -0.1) is 0 Å². The minimum atomic E-state index is 0.369. The summed E-state index contributed by atoms with van der Waals surface area (Å²) in [5.41, 5.74) is 1.24. The van der Waals surface area contributed by atoms with Crippen molar-refractivity contribution in [3.8, 4) is 0 Å². The monoisotopic (exact) mass is 233 g/mol. The van der Waals surface area contributed by atoms with E-state index >= 15 is 0 Å². The summed E-state index contributed by atoms with van der Waals surface area (Å²) in [7, 11) is 4.11. The molecule has 0 aliphatic heterocycles. The van der Waals surface area contributed by atoms with Gasteiger partial charge < -0.3 is 10.2 Å². The van der Waals surface area contributed by atoms with Crippen LogP contribution in [-0.2, 0) is 0 Å². The van der Waals surface area contributed by atoms with Crippen LogP contribution in [0.3, 0.4) is 0 Å². The maximum Gasteiger partial charge on any atom is 0.128 e. The predicted molar refractivity (Wildman–Crippen MR) is 72.3 cm³/mol. The molecule has 1 N–H and O–H groups in total. The summed E-state index contributed by atoms with van der Waals surface area (Å²) in [5, 5.41) is 3.23. The van der Waals surface area contributed by atoms with Crippen molar-refractivity contribution in [2.45, 2.75) is 32.2 Å². The van der Waals surface area contributed by atoms with Gasteiger partial charge in [-0.05, 0) is 44.4 Å². The van der Waals surface area contributed by atoms with Gasteiger partial charge in [0.25, 0.3) is 0 Å². The zero-order chi connectivity index (χ0) is 12.3. The van der Waals surface area contributed by atoms with Gasteiger partial charge in [-0.3, -0.25) is 0 Å². The van der Waals surface area contributed by atoms with Crippen molar-refractivity contribution in [1.29, 1.82) is 0 Å². The summed E-state index contributed by atoms with van der Waals surface area (Å²) >= 11 is 0. The Morgan fingerprint density at radius 3 is 2.71 bits per heavy atom. The first kappa shape index (κ1) is 12.4. The minimum Gasteiger partial charge on any atom is -0.359 e. The predicted octanol–water partition coefficient (Wildman–Crippen LogP) is 2.60. The van der Waals surface area contributed by atoms with E-state index in [-0.39, 0.29) is 0 Å². The van der Waals surface area contributed by atoms with Gasteiger partial charge in [0.05, 0.1) is 0 Å². The average molecular weight is 233 g/mol. The van der Waals surface area contributed by atoms with Gasteiger partial charge in [-0.1, -0.05) is 12.5 Å². The Morgan fingerprint density at radius 2 is 2.24 bits per heavy atom. The molecule has 1 atom stereocenters. The van der Waals surface area contributed by atoms with Gasteiger partial charge in [0.15, 0.2) is 0 Å². The molecule has 1 aromatic rings. The fourth-order valence-corrected chi connectivity index (χ4v) is 2.20. The number of nitrogens with one attached hydrogen (secondary N) is 1. The molecule has 0 aromatic carbocycles. The summed E-state index contributed by atoms with van der Waals surface area (Å²) in [6.45, 7) is 3.29. The lowest BCUT2D eigenvalue weighted by Crippen LogP contribution is -2.29. The van der Waals surface area contributed by atoms with Gasteiger partial charge in [0.1, 0.15) is 5.82 Å². The Balaban J connectivity index is 1.96. The molecule has 1 aliphatic carbocycles. The Labute approximate surface area is 104 Å². The quantitative estimate of drug-likeness (QED) is 0.847. The fourth-order valence-electron chi connectivity index (χ4n) is 2.20. The molecular formula is C14H23N3. The first-order valence-corrected chi connectivity index (χ1v) is 6.55. The standard InChI is InChI=1S/C14H23N3/c1-11(15-2)13-7-8-14(16-9-13)17(3)10-12-5-4-6-12/h7-9,11-12,15H,4-6,10H2,1-3H3. The van der Waals surface area contributed by atoms with Gasteiger partial charge >= 0.3 is 0 Å². The average Bonchev–Trinajstić information content (AvgIpc) is 2.32. The lowest BCUT2D eigenvalue weighted by Gasteiger charge is -2.30. The lowest BCUT2D eigenvalue weighted by molar-refractivity contribution is 0.321. The van der Waals surface area contributed by atoms with E-state index < -0.39 is 0 Å². The third kappa shape index (κ3) is 2.97. The van der Waals surface area contributed by atoms with Crippen LogP contribution in [0.15, 0.2) is 18.3 Å². The summed E-state index contributed by atoms with van der Waals surface area (Å²) < 4.78 is 0. The molecule has 3 heteroatoms. The van der Waals surface area contributed by atoms with Crippen molar-refractivity contribution in [2.24, 2.45) is 5.92 Å². The molecule has 0 saturated heterocycles. The highest BCUT2D eigenvalue weighted by atomic mass is 15.2. The number of hydrogen-bond donors (Lipinski definition) is 1. The van der Waals surface area contributed by atoms with Crippen molar-refractivity contribution in [2.75, 3.05) is 25.5 Å². The highest BCUT2D eigenvalue weighted by molar-refractivity contribution is 5.38. The molecule has 1 aromatic heterocycles. The summed E-state index contributed by atoms with van der Waals surface area (Å²) in [5.74, 6) is 1.97. The highest BCUT2D eigenvalue weighted by Gasteiger charge is 2.19. The van der Waals surface area contributed by atoms with Gasteiger partial charge in [-0.2, -0.15) is 0 Å². The van der Waals surface area contributed by atoms with E-state index in [4.69, 9.17) is 0 Å². The first-order valence-electron chi connectivity index (χ1n) is 6.55. The Kier molecular flexibility index (Phi) is 4.00. The molecular weight excluding hydrogens is 210 g/mol. The summed E-state index contributed by atoms with van der Waals surface area (Å²) in [6.07, 6.45) is 6.16. The molecule has 3 nitrogen and oxygen atoms in total. The second-order valence-electron chi connectivity index (χ2n) is 5.14. The first-order chi connectivity index (χ1) is 8.20. The molecule has 1 unspecified atom stereocenters. The van der Waals surface area contributed by atoms with Crippen molar-refractivity contribution in [3.05, 3.63) is 23.9 Å². The van der Waals surface area contributed by atoms with E-state index in [1.54, 1.807) is 0 Å². The zero-order valence-corrected chi connectivity index (χ0v) is 11.1. The third-order valence-corrected chi connectivity index (χ3v) is 3.85. The third-order valence-electron chi connectivity index (χ3n) is 3.85. The van der Waals surface area contributed by atoms with Crippen molar-refractivity contribution < 1.29 is 0 Å². The molecule has 94 valence electrons. The molecule has 1 aliphatic rings. The van der Waals surface area contributed by atoms with Gasteiger partial charge in [-0.25, -0.2) is 4.98 Å². The van der Waals surface area contributed by atoms with Crippen LogP contribution >= 0.6 is 0 Å². The fraction of sp³-hybridized carbons (Fsp3) is 0.643. The van der Waals surface area contributed by atoms with Crippen LogP contribution in [0.1, 0.15) is 37.8 Å². The van der Waals surface area contributed by atoms with E-state index in [0.717, 1.165) is 18.3 Å². The van der Waals surface area contributed by atoms with Crippen LogP contribution in [0.5, 0.6) is 0 Å². The van der Waals surface area contributed by atoms with Crippen molar-refractivity contribution >= 4 is 5.82 Å². The number of rotatable bonds is 5. The Bertz CT molecular complexity index is 343. The Morgan fingerprint density at radius 1 is 1.47 bits per heavy atom. The SMILES string of the molecule is CNC(C)c1ccc(N(C)CC2CCC2)nc1. The molecule has 17 heavy (non-hydrogen) atoms. The highest BCUT2D eigenvalue weighted by Crippen LogP contribution is 2.28. The van der Waals surface area contributed by atoms with Crippen LogP contribution in [-0.4, -0.2) is 25.6 Å². The van der Waals surface area contributed by atoms with E-state index in [1.807, 2.05) is 13.2 Å². The largest absolute Gasteiger partial charge is 0.359 e. The number of nitrogens with zero attached hydrogens (tertiary/aromatic N) is 2. The van der Waals surface area contributed by atoms with E-state index in [1.165, 1.54) is 24.8 Å². The maximum absolute atomic E-state index is 4.55. The van der Waals surface area contributed by atoms with Crippen LogP contribution in [0.4, 0.5) is 5.82 Å². The second-order valence-corrected chi connectivity index (χ2v) is 5.14. The van der Waals surface area contributed by atoms with E-state index in [0.29, 0.717) is 6.04 Å². The van der Waals surface area contributed by atoms with Crippen LogP contribution in [0, 0.1) is 5.92 Å². The van der Waals surface area contributed by atoms with Crippen LogP contribution < -0.4 is 10.2 Å². The molecule has 0 spiro atoms. The molecule has 1 heterocycles. The zero-order valence-electron chi connectivity index (χ0n) is 11.1. The van der Waals surface area contributed by atoms with E-state index in [2.05, 4.69) is 41.3 Å². The van der Waals surface area contributed by atoms with Crippen LogP contribution in [0.25, 0.3) is 0 Å². The van der Waals surface area contributed by atoms with Crippen LogP contribution in [0.2, 0.25) is 0 Å². The topological polar surface area (TPSA) is 28.2 Å². The smallest absolute Gasteiger partial charge is 0.128 e. The van der Waals surface area contributed by atoms with Crippen molar-refractivity contribution in [3.63, 3.8) is 0 Å². The molecule has 1 saturated carbocycles. The molecule has 0 radical (unpaired) electrons. The van der Waals surface area contributed by atoms with Gasteiger partial charge in [0.2, 0.25) is 0 Å². The number of pyridine rings is 1. The molecule has 2 rings (SSSR count). The van der Waals surface area contributed by atoms with Gasteiger partial charge in [0, 0.05) is 25.8 Å². The second kappa shape index (κ2) is 5.50. The van der Waals surface area contributed by atoms with Crippen molar-refractivity contribution in [1.82, 2.24) is 10.3 Å². The number of anilines is 1. The maximum atomic E-state index is 4.55. The number of hydrogen-bond acceptors (Lipinski definition) is 3. The molecule has 1 fully saturated rings. The lowest BCUT2D eigenvalue weighted by atomic mass is 9.85. The Hall–Kier alpha value is -1.09.